The molecule has 1 aliphatic heterocycles. The van der Waals surface area contributed by atoms with E-state index >= 15 is 0 Å². The van der Waals surface area contributed by atoms with E-state index in [1.54, 1.807) is 12.1 Å². The molecule has 1 aromatic heterocycles. The molecule has 1 aromatic rings. The Bertz CT molecular complexity index is 575. The average Bonchev–Trinajstić information content (AvgIpc) is 2.56. The zero-order valence-electron chi connectivity index (χ0n) is 9.41. The van der Waals surface area contributed by atoms with Crippen molar-refractivity contribution in [3.8, 4) is 0 Å². The Kier molecular flexibility index (Phi) is 3.56. The topological polar surface area (TPSA) is 93.4 Å². The smallest absolute Gasteiger partial charge is 0.228 e. The fourth-order valence-electron chi connectivity index (χ4n) is 1.98. The number of nitrogens with two attached hydrogens (primary N) is 1. The van der Waals surface area contributed by atoms with E-state index in [9.17, 15) is 13.2 Å². The lowest BCUT2D eigenvalue weighted by molar-refractivity contribution is -0.117. The Morgan fingerprint density at radius 1 is 1.56 bits per heavy atom. The summed E-state index contributed by atoms with van der Waals surface area (Å²) in [7, 11) is -3.57. The lowest BCUT2D eigenvalue weighted by Gasteiger charge is -2.15. The summed E-state index contributed by atoms with van der Waals surface area (Å²) in [5, 5.41) is 5.45. The number of rotatable bonds is 3. The number of aromatic nitrogens is 1. The quantitative estimate of drug-likeness (QED) is 0.870. The van der Waals surface area contributed by atoms with Gasteiger partial charge in [0.15, 0.2) is 0 Å². The third kappa shape index (κ3) is 3.18. The van der Waals surface area contributed by atoms with Crippen molar-refractivity contribution in [2.45, 2.75) is 6.42 Å². The van der Waals surface area contributed by atoms with E-state index in [1.165, 1.54) is 11.1 Å². The molecule has 98 valence electrons. The van der Waals surface area contributed by atoms with Gasteiger partial charge in [-0.2, -0.15) is 0 Å². The van der Waals surface area contributed by atoms with Gasteiger partial charge in [0.1, 0.15) is 5.82 Å². The predicted octanol–water partition coefficient (Wildman–Crippen LogP) is 0.376. The highest BCUT2D eigenvalue weighted by Crippen LogP contribution is 2.25. The molecular formula is C10H12ClN3O3S. The molecule has 1 saturated heterocycles. The van der Waals surface area contributed by atoms with Crippen LogP contribution in [0.3, 0.4) is 0 Å². The van der Waals surface area contributed by atoms with Gasteiger partial charge in [-0.05, 0) is 12.1 Å². The lowest BCUT2D eigenvalue weighted by atomic mass is 10.1. The first kappa shape index (κ1) is 13.3. The van der Waals surface area contributed by atoms with E-state index in [2.05, 4.69) is 4.98 Å². The fourth-order valence-corrected chi connectivity index (χ4v) is 3.02. The molecule has 0 spiro atoms. The molecule has 2 rings (SSSR count). The van der Waals surface area contributed by atoms with Gasteiger partial charge in [-0.3, -0.25) is 9.69 Å². The molecule has 1 unspecified atom stereocenters. The maximum absolute atomic E-state index is 11.8. The highest BCUT2D eigenvalue weighted by atomic mass is 35.5. The maximum atomic E-state index is 11.8. The zero-order chi connectivity index (χ0) is 13.3. The van der Waals surface area contributed by atoms with Crippen LogP contribution in [0, 0.1) is 5.92 Å². The van der Waals surface area contributed by atoms with E-state index in [1.807, 2.05) is 0 Å². The monoisotopic (exact) mass is 289 g/mol. The average molecular weight is 290 g/mol. The van der Waals surface area contributed by atoms with Gasteiger partial charge in [-0.15, -0.1) is 0 Å². The van der Waals surface area contributed by atoms with Crippen molar-refractivity contribution in [2.24, 2.45) is 11.1 Å². The number of halogens is 1. The molecule has 1 atom stereocenters. The van der Waals surface area contributed by atoms with Gasteiger partial charge in [0.2, 0.25) is 15.9 Å². The van der Waals surface area contributed by atoms with Crippen molar-refractivity contribution in [1.29, 1.82) is 0 Å². The van der Waals surface area contributed by atoms with Gasteiger partial charge in [-0.25, -0.2) is 18.5 Å². The minimum atomic E-state index is -3.57. The first-order valence-corrected chi connectivity index (χ1v) is 7.37. The molecule has 2 heterocycles. The Morgan fingerprint density at radius 3 is 2.89 bits per heavy atom. The first-order valence-electron chi connectivity index (χ1n) is 5.27. The molecule has 0 saturated carbocycles. The standard InChI is InChI=1S/C10H12ClN3O3S/c11-8-1-2-13-9(4-8)14-5-7(3-10(14)15)6-18(12,16)17/h1-2,4,7H,3,5-6H2,(H2,12,16,17). The molecule has 1 amide bonds. The number of pyridine rings is 1. The minimum Gasteiger partial charge on any atom is -0.296 e. The first-order chi connectivity index (χ1) is 8.35. The maximum Gasteiger partial charge on any atom is 0.228 e. The third-order valence-electron chi connectivity index (χ3n) is 2.66. The molecule has 1 aliphatic rings. The summed E-state index contributed by atoms with van der Waals surface area (Å²) in [6.45, 7) is 0.294. The Labute approximate surface area is 110 Å². The highest BCUT2D eigenvalue weighted by Gasteiger charge is 2.33. The number of primary sulfonamides is 1. The molecule has 1 fully saturated rings. The molecule has 0 aliphatic carbocycles. The van der Waals surface area contributed by atoms with Crippen molar-refractivity contribution in [1.82, 2.24) is 4.98 Å². The summed E-state index contributed by atoms with van der Waals surface area (Å²) in [5.74, 6) is -0.230. The van der Waals surface area contributed by atoms with Crippen molar-refractivity contribution < 1.29 is 13.2 Å². The summed E-state index contributed by atoms with van der Waals surface area (Å²) in [6, 6.07) is 3.17. The minimum absolute atomic E-state index is 0.157. The van der Waals surface area contributed by atoms with Gasteiger partial charge < -0.3 is 0 Å². The van der Waals surface area contributed by atoms with Crippen molar-refractivity contribution in [3.63, 3.8) is 0 Å². The van der Waals surface area contributed by atoms with Crippen LogP contribution in [0.15, 0.2) is 18.3 Å². The van der Waals surface area contributed by atoms with Crippen LogP contribution < -0.4 is 10.0 Å². The predicted molar refractivity (Wildman–Crippen MR) is 67.7 cm³/mol. The van der Waals surface area contributed by atoms with E-state index in [4.69, 9.17) is 16.7 Å². The normalized spacial score (nSPS) is 20.4. The summed E-state index contributed by atoms with van der Waals surface area (Å²) in [4.78, 5) is 17.3. The van der Waals surface area contributed by atoms with Crippen LogP contribution in [0.2, 0.25) is 5.02 Å². The number of sulfonamides is 1. The van der Waals surface area contributed by atoms with E-state index < -0.39 is 10.0 Å². The third-order valence-corrected chi connectivity index (χ3v) is 3.83. The van der Waals surface area contributed by atoms with Gasteiger partial charge in [0.05, 0.1) is 5.75 Å². The Morgan fingerprint density at radius 2 is 2.28 bits per heavy atom. The molecular weight excluding hydrogens is 278 g/mol. The SMILES string of the molecule is NS(=O)(=O)CC1CC(=O)N(c2cc(Cl)ccn2)C1. The molecule has 0 bridgehead atoms. The van der Waals surface area contributed by atoms with E-state index in [-0.39, 0.29) is 24.0 Å². The Balaban J connectivity index is 2.15. The number of hydrogen-bond acceptors (Lipinski definition) is 4. The molecule has 0 radical (unpaired) electrons. The van der Waals surface area contributed by atoms with Crippen LogP contribution in [0.5, 0.6) is 0 Å². The van der Waals surface area contributed by atoms with Crippen LogP contribution in [-0.2, 0) is 14.8 Å². The second kappa shape index (κ2) is 4.83. The van der Waals surface area contributed by atoms with Gasteiger partial charge in [-0.1, -0.05) is 11.6 Å². The van der Waals surface area contributed by atoms with Crippen LogP contribution >= 0.6 is 11.6 Å². The fraction of sp³-hybridized carbons (Fsp3) is 0.400. The molecule has 2 N–H and O–H groups in total. The summed E-state index contributed by atoms with van der Waals surface area (Å²) >= 11 is 5.82. The van der Waals surface area contributed by atoms with Crippen LogP contribution in [0.4, 0.5) is 5.82 Å². The largest absolute Gasteiger partial charge is 0.296 e. The molecule has 0 aromatic carbocycles. The number of nitrogens with zero attached hydrogens (tertiary/aromatic N) is 2. The molecule has 6 nitrogen and oxygen atoms in total. The summed E-state index contributed by atoms with van der Waals surface area (Å²) in [5.41, 5.74) is 0. The zero-order valence-corrected chi connectivity index (χ0v) is 11.0. The number of hydrogen-bond donors (Lipinski definition) is 1. The number of amides is 1. The van der Waals surface area contributed by atoms with E-state index in [0.717, 1.165) is 0 Å². The second-order valence-corrected chi connectivity index (χ2v) is 6.33. The summed E-state index contributed by atoms with van der Waals surface area (Å²) < 4.78 is 22.0. The van der Waals surface area contributed by atoms with Crippen molar-refractivity contribution in [2.75, 3.05) is 17.2 Å². The lowest BCUT2D eigenvalue weighted by Crippen LogP contribution is -2.28. The van der Waals surface area contributed by atoms with Crippen LogP contribution in [-0.4, -0.2) is 31.6 Å². The van der Waals surface area contributed by atoms with Gasteiger partial charge in [0, 0.05) is 30.1 Å². The molecule has 18 heavy (non-hydrogen) atoms. The van der Waals surface area contributed by atoms with E-state index in [0.29, 0.717) is 17.4 Å². The number of carbonyl (C=O) groups is 1. The van der Waals surface area contributed by atoms with Crippen LogP contribution in [0.25, 0.3) is 0 Å². The van der Waals surface area contributed by atoms with Crippen LogP contribution in [0.1, 0.15) is 6.42 Å². The van der Waals surface area contributed by atoms with Crippen molar-refractivity contribution >= 4 is 33.3 Å². The second-order valence-electron chi connectivity index (χ2n) is 4.24. The number of anilines is 1. The molecule has 8 heteroatoms. The highest BCUT2D eigenvalue weighted by molar-refractivity contribution is 7.89. The van der Waals surface area contributed by atoms with Gasteiger partial charge >= 0.3 is 0 Å². The number of carbonyl (C=O) groups excluding carboxylic acids is 1. The van der Waals surface area contributed by atoms with Crippen molar-refractivity contribution in [3.05, 3.63) is 23.4 Å². The summed E-state index contributed by atoms with van der Waals surface area (Å²) in [6.07, 6.45) is 1.66. The van der Waals surface area contributed by atoms with Gasteiger partial charge in [0.25, 0.3) is 0 Å². The Hall–Kier alpha value is -1.18.